The second kappa shape index (κ2) is 15.8. The number of rotatable bonds is 16. The summed E-state index contributed by atoms with van der Waals surface area (Å²) in [6.07, 6.45) is -0.514. The Kier molecular flexibility index (Phi) is 12.5. The second-order valence-electron chi connectivity index (χ2n) is 9.53. The highest BCUT2D eigenvalue weighted by atomic mass is 16.5. The molecule has 0 unspecified atom stereocenters. The molecule has 0 radical (unpaired) electrons. The van der Waals surface area contributed by atoms with Crippen LogP contribution in [0.25, 0.3) is 0 Å². The van der Waals surface area contributed by atoms with Gasteiger partial charge in [-0.05, 0) is 43.5 Å². The molecule has 41 heavy (non-hydrogen) atoms. The third kappa shape index (κ3) is 11.5. The van der Waals surface area contributed by atoms with Gasteiger partial charge in [0.05, 0.1) is 12.5 Å². The third-order valence-electron chi connectivity index (χ3n) is 6.04. The molecule has 12 heteroatoms. The Balaban J connectivity index is 2.19. The lowest BCUT2D eigenvalue weighted by atomic mass is 10.0. The number of benzene rings is 2. The first-order valence-corrected chi connectivity index (χ1v) is 13.0. The number of amides is 3. The first kappa shape index (κ1) is 32.5. The van der Waals surface area contributed by atoms with Crippen LogP contribution < -0.4 is 20.7 Å². The van der Waals surface area contributed by atoms with Crippen LogP contribution in [0.5, 0.6) is 5.75 Å². The zero-order valence-corrected chi connectivity index (χ0v) is 23.1. The van der Waals surface area contributed by atoms with E-state index in [4.69, 9.17) is 9.84 Å². The molecule has 5 N–H and O–H groups in total. The first-order chi connectivity index (χ1) is 19.4. The Labute approximate surface area is 237 Å². The predicted octanol–water partition coefficient (Wildman–Crippen LogP) is 1.17. The molecule has 12 nitrogen and oxygen atoms in total. The van der Waals surface area contributed by atoms with Crippen LogP contribution in [0, 0.1) is 6.92 Å². The number of hydrogen-bond donors (Lipinski definition) is 5. The zero-order valence-electron chi connectivity index (χ0n) is 23.1. The fourth-order valence-corrected chi connectivity index (χ4v) is 3.91. The molecular formula is C29H35N3O9. The van der Waals surface area contributed by atoms with Crippen molar-refractivity contribution in [2.45, 2.75) is 64.6 Å². The van der Waals surface area contributed by atoms with Gasteiger partial charge in [-0.25, -0.2) is 4.79 Å². The monoisotopic (exact) mass is 569 g/mol. The van der Waals surface area contributed by atoms with Crippen LogP contribution in [0.4, 0.5) is 0 Å². The summed E-state index contributed by atoms with van der Waals surface area (Å²) in [5.41, 5.74) is 2.35. The maximum atomic E-state index is 13.2. The van der Waals surface area contributed by atoms with E-state index < -0.39 is 60.8 Å². The minimum Gasteiger partial charge on any atom is -0.482 e. The lowest BCUT2D eigenvalue weighted by Gasteiger charge is -2.24. The Hall–Kier alpha value is -4.74. The molecular weight excluding hydrogens is 534 g/mol. The summed E-state index contributed by atoms with van der Waals surface area (Å²) in [7, 11) is 0. The first-order valence-electron chi connectivity index (χ1n) is 13.0. The standard InChI is InChI=1S/C29H35N3O9/c1-4-25(34)30-23(13-19-8-10-21(11-9-19)41-16-27(37)38)28(39)32-24(15-26(35)36)29(40)31-22(18(3)33)14-20-7-5-6-17(2)12-20/h5-12,22-24H,4,13-16H2,1-3H3,(H,30,34)(H,31,40)(H,32,39)(H,35,36)(H,37,38)/t22-,23-,24-/m0/s1. The van der Waals surface area contributed by atoms with Crippen LogP contribution in [0.2, 0.25) is 0 Å². The van der Waals surface area contributed by atoms with Crippen molar-refractivity contribution in [2.75, 3.05) is 6.61 Å². The van der Waals surface area contributed by atoms with Crippen LogP contribution in [-0.4, -0.2) is 70.4 Å². The van der Waals surface area contributed by atoms with Gasteiger partial charge in [-0.3, -0.25) is 24.0 Å². The van der Waals surface area contributed by atoms with Gasteiger partial charge in [0, 0.05) is 12.8 Å². The van der Waals surface area contributed by atoms with Crippen molar-refractivity contribution in [3.05, 3.63) is 65.2 Å². The van der Waals surface area contributed by atoms with Gasteiger partial charge in [-0.15, -0.1) is 0 Å². The van der Waals surface area contributed by atoms with Crippen molar-refractivity contribution < 1.29 is 43.7 Å². The number of aryl methyl sites for hydroxylation is 1. The number of hydrogen-bond acceptors (Lipinski definition) is 7. The summed E-state index contributed by atoms with van der Waals surface area (Å²) in [6.45, 7) is 4.26. The summed E-state index contributed by atoms with van der Waals surface area (Å²) in [4.78, 5) is 73.0. The number of carbonyl (C=O) groups excluding carboxylic acids is 4. The number of carbonyl (C=O) groups is 6. The highest BCUT2D eigenvalue weighted by Crippen LogP contribution is 2.14. The van der Waals surface area contributed by atoms with Crippen molar-refractivity contribution in [3.8, 4) is 5.75 Å². The van der Waals surface area contributed by atoms with E-state index in [0.717, 1.165) is 11.1 Å². The molecule has 0 aromatic heterocycles. The average Bonchev–Trinajstić information content (AvgIpc) is 2.91. The smallest absolute Gasteiger partial charge is 0.341 e. The van der Waals surface area contributed by atoms with Gasteiger partial charge in [0.2, 0.25) is 17.7 Å². The van der Waals surface area contributed by atoms with E-state index in [1.807, 2.05) is 25.1 Å². The summed E-state index contributed by atoms with van der Waals surface area (Å²) in [5, 5.41) is 25.7. The van der Waals surface area contributed by atoms with Gasteiger partial charge in [-0.2, -0.15) is 0 Å². The van der Waals surface area contributed by atoms with Gasteiger partial charge >= 0.3 is 11.9 Å². The molecule has 0 saturated heterocycles. The fourth-order valence-electron chi connectivity index (χ4n) is 3.91. The van der Waals surface area contributed by atoms with E-state index in [9.17, 15) is 33.9 Å². The number of Topliss-reactive ketones (excluding diaryl/α,β-unsaturated/α-hetero) is 1. The van der Waals surface area contributed by atoms with E-state index >= 15 is 0 Å². The molecule has 2 rings (SSSR count). The normalized spacial score (nSPS) is 12.8. The molecule has 2 aromatic carbocycles. The Morgan fingerprint density at radius 2 is 1.39 bits per heavy atom. The van der Waals surface area contributed by atoms with E-state index in [1.165, 1.54) is 19.1 Å². The maximum absolute atomic E-state index is 13.2. The average molecular weight is 570 g/mol. The summed E-state index contributed by atoms with van der Waals surface area (Å²) < 4.78 is 5.09. The van der Waals surface area contributed by atoms with E-state index in [1.54, 1.807) is 25.1 Å². The predicted molar refractivity (Wildman–Crippen MR) is 147 cm³/mol. The van der Waals surface area contributed by atoms with Crippen molar-refractivity contribution in [1.29, 1.82) is 0 Å². The largest absolute Gasteiger partial charge is 0.482 e. The molecule has 0 fully saturated rings. The molecule has 0 aliphatic carbocycles. The number of carboxylic acid groups (broad SMARTS) is 2. The minimum absolute atomic E-state index is 0.0123. The molecule has 0 saturated carbocycles. The number of nitrogens with one attached hydrogen (secondary N) is 3. The zero-order chi connectivity index (χ0) is 30.5. The molecule has 0 aliphatic rings. The van der Waals surface area contributed by atoms with Gasteiger partial charge in [0.25, 0.3) is 0 Å². The lowest BCUT2D eigenvalue weighted by Crippen LogP contribution is -2.56. The van der Waals surface area contributed by atoms with Gasteiger partial charge in [0.1, 0.15) is 17.8 Å². The van der Waals surface area contributed by atoms with E-state index in [0.29, 0.717) is 11.3 Å². The highest BCUT2D eigenvalue weighted by Gasteiger charge is 2.30. The molecule has 0 bridgehead atoms. The van der Waals surface area contributed by atoms with Crippen molar-refractivity contribution in [2.24, 2.45) is 0 Å². The van der Waals surface area contributed by atoms with Gasteiger partial charge < -0.3 is 30.9 Å². The molecule has 0 aliphatic heterocycles. The molecule has 0 spiro atoms. The molecule has 220 valence electrons. The van der Waals surface area contributed by atoms with E-state index in [-0.39, 0.29) is 25.0 Å². The van der Waals surface area contributed by atoms with Crippen LogP contribution in [0.1, 0.15) is 43.4 Å². The Morgan fingerprint density at radius 1 is 0.780 bits per heavy atom. The third-order valence-corrected chi connectivity index (χ3v) is 6.04. The summed E-state index contributed by atoms with van der Waals surface area (Å²) in [5.74, 6) is -4.64. The van der Waals surface area contributed by atoms with Crippen LogP contribution in [-0.2, 0) is 41.6 Å². The van der Waals surface area contributed by atoms with Crippen molar-refractivity contribution in [3.63, 3.8) is 0 Å². The summed E-state index contributed by atoms with van der Waals surface area (Å²) in [6, 6.07) is 9.92. The van der Waals surface area contributed by atoms with Gasteiger partial charge in [0.15, 0.2) is 12.4 Å². The van der Waals surface area contributed by atoms with Crippen molar-refractivity contribution in [1.82, 2.24) is 16.0 Å². The lowest BCUT2D eigenvalue weighted by molar-refractivity contribution is -0.141. The van der Waals surface area contributed by atoms with Gasteiger partial charge in [-0.1, -0.05) is 48.9 Å². The maximum Gasteiger partial charge on any atom is 0.341 e. The fraction of sp³-hybridized carbons (Fsp3) is 0.379. The number of carboxylic acids is 2. The van der Waals surface area contributed by atoms with E-state index in [2.05, 4.69) is 16.0 Å². The second-order valence-corrected chi connectivity index (χ2v) is 9.53. The Bertz CT molecular complexity index is 1260. The molecule has 3 atom stereocenters. The van der Waals surface area contributed by atoms with Crippen LogP contribution >= 0.6 is 0 Å². The molecule has 0 heterocycles. The Morgan fingerprint density at radius 3 is 1.95 bits per heavy atom. The van der Waals surface area contributed by atoms with Crippen LogP contribution in [0.15, 0.2) is 48.5 Å². The quantitative estimate of drug-likeness (QED) is 0.198. The molecule has 2 aromatic rings. The van der Waals surface area contributed by atoms with Crippen LogP contribution in [0.3, 0.4) is 0 Å². The topological polar surface area (TPSA) is 188 Å². The molecule has 3 amide bonds. The number of ether oxygens (including phenoxy) is 1. The number of aliphatic carboxylic acids is 2. The highest BCUT2D eigenvalue weighted by molar-refractivity contribution is 5.96. The minimum atomic E-state index is -1.52. The summed E-state index contributed by atoms with van der Waals surface area (Å²) >= 11 is 0. The van der Waals surface area contributed by atoms with Crippen molar-refractivity contribution >= 4 is 35.4 Å². The number of ketones is 1. The SMILES string of the molecule is CCC(=O)N[C@@H](Cc1ccc(OCC(=O)O)cc1)C(=O)N[C@@H](CC(=O)O)C(=O)N[C@@H](Cc1cccc(C)c1)C(C)=O.